The van der Waals surface area contributed by atoms with Gasteiger partial charge in [-0.05, 0) is 18.1 Å². The Kier molecular flexibility index (Phi) is 7.20. The van der Waals surface area contributed by atoms with Crippen molar-refractivity contribution in [3.8, 4) is 0 Å². The van der Waals surface area contributed by atoms with E-state index in [1.807, 2.05) is 60.7 Å². The van der Waals surface area contributed by atoms with Crippen LogP contribution in [0.15, 0.2) is 60.7 Å². The molecule has 7 nitrogen and oxygen atoms in total. The van der Waals surface area contributed by atoms with Crippen LogP contribution in [-0.4, -0.2) is 50.0 Å². The van der Waals surface area contributed by atoms with Gasteiger partial charge in [-0.15, -0.1) is 0 Å². The zero-order valence-electron chi connectivity index (χ0n) is 17.4. The van der Waals surface area contributed by atoms with E-state index >= 15 is 0 Å². The van der Waals surface area contributed by atoms with Crippen molar-refractivity contribution in [2.45, 2.75) is 32.3 Å². The van der Waals surface area contributed by atoms with Crippen LogP contribution in [0.25, 0.3) is 0 Å². The number of hydroxylamine groups is 2. The number of nitrogens with zero attached hydrogens (tertiary/aromatic N) is 1. The van der Waals surface area contributed by atoms with Gasteiger partial charge in [0.1, 0.15) is 6.10 Å². The van der Waals surface area contributed by atoms with Gasteiger partial charge in [0.05, 0.1) is 33.5 Å². The summed E-state index contributed by atoms with van der Waals surface area (Å²) in [6, 6.07) is 19.3. The number of ether oxygens (including phenoxy) is 3. The molecule has 30 heavy (non-hydrogen) atoms. The lowest BCUT2D eigenvalue weighted by Gasteiger charge is -2.30. The van der Waals surface area contributed by atoms with Gasteiger partial charge < -0.3 is 14.2 Å². The molecule has 0 aliphatic carbocycles. The van der Waals surface area contributed by atoms with Crippen molar-refractivity contribution in [2.24, 2.45) is 5.41 Å². The molecule has 7 heteroatoms. The van der Waals surface area contributed by atoms with Crippen LogP contribution in [0.2, 0.25) is 0 Å². The number of rotatable bonds is 8. The zero-order valence-corrected chi connectivity index (χ0v) is 17.4. The maximum absolute atomic E-state index is 12.8. The molecule has 1 saturated heterocycles. The third-order valence-corrected chi connectivity index (χ3v) is 5.26. The number of hydrogen-bond donors (Lipinski definition) is 0. The number of esters is 2. The highest BCUT2D eigenvalue weighted by atomic mass is 16.7. The van der Waals surface area contributed by atoms with Gasteiger partial charge in [0.15, 0.2) is 0 Å². The number of hydrogen-bond acceptors (Lipinski definition) is 7. The Hall–Kier alpha value is -2.74. The second kappa shape index (κ2) is 9.84. The molecule has 0 radical (unpaired) electrons. The van der Waals surface area contributed by atoms with E-state index in [-0.39, 0.29) is 6.54 Å². The molecule has 0 bridgehead atoms. The van der Waals surface area contributed by atoms with Gasteiger partial charge in [-0.25, -0.2) is 0 Å². The summed E-state index contributed by atoms with van der Waals surface area (Å²) >= 11 is 0. The van der Waals surface area contributed by atoms with E-state index in [2.05, 4.69) is 0 Å². The smallest absolute Gasteiger partial charge is 0.327 e. The van der Waals surface area contributed by atoms with Gasteiger partial charge in [0.2, 0.25) is 5.41 Å². The summed E-state index contributed by atoms with van der Waals surface area (Å²) in [4.78, 5) is 31.8. The largest absolute Gasteiger partial charge is 0.468 e. The van der Waals surface area contributed by atoms with Gasteiger partial charge in [0, 0.05) is 6.54 Å². The minimum atomic E-state index is -1.64. The maximum Gasteiger partial charge on any atom is 0.327 e. The van der Waals surface area contributed by atoms with Crippen LogP contribution in [0, 0.1) is 5.41 Å². The van der Waals surface area contributed by atoms with E-state index in [4.69, 9.17) is 19.0 Å². The Balaban J connectivity index is 1.85. The average molecular weight is 413 g/mol. The Morgan fingerprint density at radius 3 is 2.07 bits per heavy atom. The van der Waals surface area contributed by atoms with E-state index in [9.17, 15) is 9.59 Å². The quantitative estimate of drug-likeness (QED) is 0.487. The summed E-state index contributed by atoms with van der Waals surface area (Å²) in [6.45, 7) is 2.50. The molecule has 160 valence electrons. The summed E-state index contributed by atoms with van der Waals surface area (Å²) in [5.41, 5.74) is 0.318. The SMILES string of the molecule is COC(=O)C1(C(=O)OC)CN(Cc2ccccc2)O[C@H]1[C@H](C)OCc1ccccc1. The normalized spacial score (nSPS) is 19.2. The second-order valence-electron chi connectivity index (χ2n) is 7.27. The highest BCUT2D eigenvalue weighted by Gasteiger charge is 2.63. The lowest BCUT2D eigenvalue weighted by molar-refractivity contribution is -0.201. The fraction of sp³-hybridized carbons (Fsp3) is 0.391. The summed E-state index contributed by atoms with van der Waals surface area (Å²) in [7, 11) is 2.50. The van der Waals surface area contributed by atoms with Gasteiger partial charge in [-0.3, -0.25) is 14.4 Å². The van der Waals surface area contributed by atoms with Gasteiger partial charge in [-0.2, -0.15) is 5.06 Å². The molecule has 0 saturated carbocycles. The van der Waals surface area contributed by atoms with Crippen molar-refractivity contribution >= 4 is 11.9 Å². The third-order valence-electron chi connectivity index (χ3n) is 5.26. The van der Waals surface area contributed by atoms with Crippen LogP contribution in [0.3, 0.4) is 0 Å². The molecule has 2 aromatic carbocycles. The molecule has 1 aliphatic heterocycles. The molecule has 1 fully saturated rings. The number of benzene rings is 2. The lowest BCUT2D eigenvalue weighted by Crippen LogP contribution is -2.53. The monoisotopic (exact) mass is 413 g/mol. The van der Waals surface area contributed by atoms with Crippen molar-refractivity contribution in [3.63, 3.8) is 0 Å². The summed E-state index contributed by atoms with van der Waals surface area (Å²) < 4.78 is 16.0. The summed E-state index contributed by atoms with van der Waals surface area (Å²) in [5, 5.41) is 1.59. The van der Waals surface area contributed by atoms with Crippen molar-refractivity contribution in [3.05, 3.63) is 71.8 Å². The standard InChI is InChI=1S/C23H27NO6/c1-17(29-15-19-12-8-5-9-13-19)20-23(21(25)27-2,22(26)28-3)16-24(30-20)14-18-10-6-4-7-11-18/h4-13,17,20H,14-16H2,1-3H3/t17-,20-/m0/s1. The fourth-order valence-corrected chi connectivity index (χ4v) is 3.72. The second-order valence-corrected chi connectivity index (χ2v) is 7.27. The molecule has 0 aromatic heterocycles. The van der Waals surface area contributed by atoms with Crippen LogP contribution >= 0.6 is 0 Å². The first-order valence-electron chi connectivity index (χ1n) is 9.79. The van der Waals surface area contributed by atoms with E-state index in [0.29, 0.717) is 13.2 Å². The van der Waals surface area contributed by atoms with Crippen LogP contribution in [0.4, 0.5) is 0 Å². The molecule has 0 unspecified atom stereocenters. The zero-order chi connectivity index (χ0) is 21.6. The summed E-state index contributed by atoms with van der Waals surface area (Å²) in [5.74, 6) is -1.41. The molecule has 0 amide bonds. The Morgan fingerprint density at radius 1 is 1.00 bits per heavy atom. The predicted octanol–water partition coefficient (Wildman–Crippen LogP) is 2.74. The third kappa shape index (κ3) is 4.53. The Morgan fingerprint density at radius 2 is 1.53 bits per heavy atom. The highest BCUT2D eigenvalue weighted by Crippen LogP contribution is 2.39. The molecule has 0 spiro atoms. The van der Waals surface area contributed by atoms with E-state index < -0.39 is 29.6 Å². The molecule has 3 rings (SSSR count). The molecule has 2 aromatic rings. The van der Waals surface area contributed by atoms with Crippen molar-refractivity contribution < 1.29 is 28.6 Å². The van der Waals surface area contributed by atoms with Crippen LogP contribution in [0.5, 0.6) is 0 Å². The van der Waals surface area contributed by atoms with E-state index in [1.165, 1.54) is 14.2 Å². The summed E-state index contributed by atoms with van der Waals surface area (Å²) in [6.07, 6.45) is -1.48. The van der Waals surface area contributed by atoms with Gasteiger partial charge in [-0.1, -0.05) is 60.7 Å². The van der Waals surface area contributed by atoms with Crippen LogP contribution in [0.1, 0.15) is 18.1 Å². The molecular weight excluding hydrogens is 386 g/mol. The minimum Gasteiger partial charge on any atom is -0.468 e. The van der Waals surface area contributed by atoms with Crippen LogP contribution in [-0.2, 0) is 41.8 Å². The lowest BCUT2D eigenvalue weighted by atomic mass is 9.80. The van der Waals surface area contributed by atoms with Crippen molar-refractivity contribution in [1.29, 1.82) is 0 Å². The van der Waals surface area contributed by atoms with Crippen LogP contribution < -0.4 is 0 Å². The number of methoxy groups -OCH3 is 2. The first-order chi connectivity index (χ1) is 14.5. The molecular formula is C23H27NO6. The molecule has 1 aliphatic rings. The number of carbonyl (C=O) groups is 2. The van der Waals surface area contributed by atoms with Crippen molar-refractivity contribution in [2.75, 3.05) is 20.8 Å². The highest BCUT2D eigenvalue weighted by molar-refractivity contribution is 6.01. The van der Waals surface area contributed by atoms with E-state index in [0.717, 1.165) is 11.1 Å². The van der Waals surface area contributed by atoms with Gasteiger partial charge >= 0.3 is 11.9 Å². The molecule has 0 N–H and O–H groups in total. The van der Waals surface area contributed by atoms with E-state index in [1.54, 1.807) is 12.0 Å². The van der Waals surface area contributed by atoms with Gasteiger partial charge in [0.25, 0.3) is 0 Å². The Labute approximate surface area is 176 Å². The maximum atomic E-state index is 12.8. The first kappa shape index (κ1) is 22.0. The topological polar surface area (TPSA) is 74.3 Å². The Bertz CT molecular complexity index is 825. The number of carbonyl (C=O) groups excluding carboxylic acids is 2. The first-order valence-corrected chi connectivity index (χ1v) is 9.79. The molecule has 1 heterocycles. The minimum absolute atomic E-state index is 0.00491. The predicted molar refractivity (Wildman–Crippen MR) is 109 cm³/mol. The molecule has 2 atom stereocenters. The average Bonchev–Trinajstić information content (AvgIpc) is 3.18. The fourth-order valence-electron chi connectivity index (χ4n) is 3.72. The van der Waals surface area contributed by atoms with Crippen molar-refractivity contribution in [1.82, 2.24) is 5.06 Å².